The van der Waals surface area contributed by atoms with Crippen LogP contribution in [0.4, 0.5) is 17.1 Å². The van der Waals surface area contributed by atoms with Crippen LogP contribution in [0.1, 0.15) is 0 Å². The fourth-order valence-corrected chi connectivity index (χ4v) is 9.41. The van der Waals surface area contributed by atoms with Crippen LogP contribution in [0, 0.1) is 0 Å². The van der Waals surface area contributed by atoms with Crippen LogP contribution in [-0.4, -0.2) is 0 Å². The molecule has 0 bridgehead atoms. The molecule has 3 heteroatoms. The number of hydrogen-bond donors (Lipinski definition) is 0. The second kappa shape index (κ2) is 15.3. The highest BCUT2D eigenvalue weighted by Gasteiger charge is 2.24. The Labute approximate surface area is 365 Å². The molecule has 63 heavy (non-hydrogen) atoms. The predicted octanol–water partition coefficient (Wildman–Crippen LogP) is 17.3. The van der Waals surface area contributed by atoms with Gasteiger partial charge in [-0.25, -0.2) is 0 Å². The van der Waals surface area contributed by atoms with Crippen LogP contribution >= 0.6 is 0 Å². The van der Waals surface area contributed by atoms with E-state index < -0.39 is 0 Å². The first kappa shape index (κ1) is 36.5. The summed E-state index contributed by atoms with van der Waals surface area (Å²) >= 11 is 0. The van der Waals surface area contributed by atoms with Crippen molar-refractivity contribution in [2.45, 2.75) is 0 Å². The highest BCUT2D eigenvalue weighted by atomic mass is 16.3. The monoisotopic (exact) mass is 805 g/mol. The summed E-state index contributed by atoms with van der Waals surface area (Å²) < 4.78 is 13.0. The lowest BCUT2D eigenvalue weighted by Crippen LogP contribution is -2.11. The standard InChI is InChI=1S/C60H39NO2/c1-3-17-40(18-4-1)43-35-38-48(53(39-43)41-19-5-2-6-20-41)46-21-7-8-22-47(46)49-23-9-12-28-54(49)61(55-29-16-32-58-59(55)52-25-11-14-31-57(52)62-58)44-36-33-42(34-37-44)45-26-15-27-51-50-24-10-13-30-56(50)63-60(45)51/h1-39H. The molecule has 0 N–H and O–H groups in total. The predicted molar refractivity (Wildman–Crippen MR) is 263 cm³/mol. The van der Waals surface area contributed by atoms with Gasteiger partial charge in [-0.05, 0) is 93.0 Å². The molecule has 0 saturated heterocycles. The fraction of sp³-hybridized carbons (Fsp3) is 0. The highest BCUT2D eigenvalue weighted by molar-refractivity contribution is 6.14. The molecular weight excluding hydrogens is 767 g/mol. The van der Waals surface area contributed by atoms with Gasteiger partial charge in [0.2, 0.25) is 0 Å². The highest BCUT2D eigenvalue weighted by Crippen LogP contribution is 2.49. The lowest BCUT2D eigenvalue weighted by atomic mass is 9.87. The number of fused-ring (bicyclic) bond motifs is 6. The molecule has 296 valence electrons. The Morgan fingerprint density at radius 2 is 0.778 bits per heavy atom. The molecule has 2 heterocycles. The van der Waals surface area contributed by atoms with Crippen LogP contribution in [0.3, 0.4) is 0 Å². The average molecular weight is 806 g/mol. The summed E-state index contributed by atoms with van der Waals surface area (Å²) in [4.78, 5) is 2.40. The summed E-state index contributed by atoms with van der Waals surface area (Å²) in [6.07, 6.45) is 0. The Morgan fingerprint density at radius 1 is 0.270 bits per heavy atom. The van der Waals surface area contributed by atoms with Crippen LogP contribution in [0.25, 0.3) is 99.5 Å². The third-order valence-electron chi connectivity index (χ3n) is 12.3. The molecule has 0 saturated carbocycles. The SMILES string of the molecule is c1ccc(-c2ccc(-c3ccccc3-c3ccccc3N(c3ccc(-c4cccc5c4oc4ccccc45)cc3)c3cccc4oc5ccccc5c34)c(-c3ccccc3)c2)cc1. The van der Waals surface area contributed by atoms with Crippen LogP contribution in [0.15, 0.2) is 245 Å². The van der Waals surface area contributed by atoms with Gasteiger partial charge in [0.1, 0.15) is 22.3 Å². The van der Waals surface area contributed by atoms with Crippen molar-refractivity contribution in [3.05, 3.63) is 237 Å². The summed E-state index contributed by atoms with van der Waals surface area (Å²) in [6.45, 7) is 0. The smallest absolute Gasteiger partial charge is 0.143 e. The molecule has 0 unspecified atom stereocenters. The number of furan rings is 2. The summed E-state index contributed by atoms with van der Waals surface area (Å²) in [6, 6.07) is 84.2. The van der Waals surface area contributed by atoms with Crippen molar-refractivity contribution in [2.75, 3.05) is 4.90 Å². The van der Waals surface area contributed by atoms with Crippen LogP contribution in [0.5, 0.6) is 0 Å². The van der Waals surface area contributed by atoms with Gasteiger partial charge >= 0.3 is 0 Å². The van der Waals surface area contributed by atoms with Crippen LogP contribution in [0.2, 0.25) is 0 Å². The normalized spacial score (nSPS) is 11.5. The van der Waals surface area contributed by atoms with E-state index in [-0.39, 0.29) is 0 Å². The van der Waals surface area contributed by atoms with E-state index in [1.165, 1.54) is 27.8 Å². The Morgan fingerprint density at radius 3 is 1.56 bits per heavy atom. The zero-order chi connectivity index (χ0) is 41.7. The van der Waals surface area contributed by atoms with Gasteiger partial charge in [-0.2, -0.15) is 0 Å². The average Bonchev–Trinajstić information content (AvgIpc) is 3.94. The van der Waals surface area contributed by atoms with E-state index in [9.17, 15) is 0 Å². The number of anilines is 3. The first-order valence-electron chi connectivity index (χ1n) is 21.4. The molecule has 0 atom stereocenters. The molecule has 0 fully saturated rings. The van der Waals surface area contributed by atoms with E-state index >= 15 is 0 Å². The first-order chi connectivity index (χ1) is 31.3. The minimum absolute atomic E-state index is 0.843. The lowest BCUT2D eigenvalue weighted by molar-refractivity contribution is 0.669. The second-order valence-corrected chi connectivity index (χ2v) is 16.0. The van der Waals surface area contributed by atoms with Crippen molar-refractivity contribution in [2.24, 2.45) is 0 Å². The molecule has 0 aliphatic carbocycles. The van der Waals surface area contributed by atoms with Gasteiger partial charge in [0, 0.05) is 33.0 Å². The molecule has 3 nitrogen and oxygen atoms in total. The minimum Gasteiger partial charge on any atom is -0.456 e. The number of rotatable bonds is 8. The van der Waals surface area contributed by atoms with Crippen LogP contribution < -0.4 is 4.90 Å². The van der Waals surface area contributed by atoms with Gasteiger partial charge in [0.25, 0.3) is 0 Å². The molecule has 0 aliphatic heterocycles. The third kappa shape index (κ3) is 6.29. The number of para-hydroxylation sites is 4. The largest absolute Gasteiger partial charge is 0.456 e. The van der Waals surface area contributed by atoms with Gasteiger partial charge in [0.15, 0.2) is 0 Å². The van der Waals surface area contributed by atoms with Crippen molar-refractivity contribution in [1.29, 1.82) is 0 Å². The van der Waals surface area contributed by atoms with Gasteiger partial charge in [-0.1, -0.05) is 188 Å². The zero-order valence-corrected chi connectivity index (χ0v) is 34.3. The van der Waals surface area contributed by atoms with Crippen LogP contribution in [-0.2, 0) is 0 Å². The maximum Gasteiger partial charge on any atom is 0.143 e. The van der Waals surface area contributed by atoms with Gasteiger partial charge < -0.3 is 13.7 Å². The van der Waals surface area contributed by atoms with Crippen molar-refractivity contribution >= 4 is 60.9 Å². The molecule has 12 rings (SSSR count). The van der Waals surface area contributed by atoms with Gasteiger partial charge in [0.05, 0.1) is 16.8 Å². The fourth-order valence-electron chi connectivity index (χ4n) is 9.41. The summed E-state index contributed by atoms with van der Waals surface area (Å²) in [5.41, 5.74) is 18.1. The van der Waals surface area contributed by atoms with Gasteiger partial charge in [-0.3, -0.25) is 0 Å². The summed E-state index contributed by atoms with van der Waals surface area (Å²) in [5.74, 6) is 0. The van der Waals surface area contributed by atoms with E-state index in [1.807, 2.05) is 18.2 Å². The molecule has 0 spiro atoms. The van der Waals surface area contributed by atoms with Crippen molar-refractivity contribution in [3.63, 3.8) is 0 Å². The maximum atomic E-state index is 6.51. The number of nitrogens with zero attached hydrogens (tertiary/aromatic N) is 1. The third-order valence-corrected chi connectivity index (χ3v) is 12.3. The van der Waals surface area contributed by atoms with Crippen molar-refractivity contribution in [1.82, 2.24) is 0 Å². The Bertz CT molecular complexity index is 3620. The second-order valence-electron chi connectivity index (χ2n) is 16.0. The Balaban J connectivity index is 1.06. The molecule has 12 aromatic rings. The molecular formula is C60H39NO2. The zero-order valence-electron chi connectivity index (χ0n) is 34.3. The first-order valence-corrected chi connectivity index (χ1v) is 21.4. The van der Waals surface area contributed by atoms with E-state index in [4.69, 9.17) is 8.83 Å². The quantitative estimate of drug-likeness (QED) is 0.153. The molecule has 0 aliphatic rings. The maximum absolute atomic E-state index is 6.51. The van der Waals surface area contributed by atoms with E-state index in [0.29, 0.717) is 0 Å². The van der Waals surface area contributed by atoms with E-state index in [2.05, 4.69) is 223 Å². The topological polar surface area (TPSA) is 29.5 Å². The number of hydrogen-bond acceptors (Lipinski definition) is 3. The lowest BCUT2D eigenvalue weighted by Gasteiger charge is -2.29. The van der Waals surface area contributed by atoms with Crippen molar-refractivity contribution < 1.29 is 8.83 Å². The minimum atomic E-state index is 0.843. The van der Waals surface area contributed by atoms with Crippen molar-refractivity contribution in [3.8, 4) is 55.6 Å². The Hall–Kier alpha value is -8.40. The Kier molecular flexibility index (Phi) is 8.83. The molecule has 10 aromatic carbocycles. The molecule has 0 radical (unpaired) electrons. The van der Waals surface area contributed by atoms with Gasteiger partial charge in [-0.15, -0.1) is 0 Å². The summed E-state index contributed by atoms with van der Waals surface area (Å²) in [5, 5.41) is 4.38. The molecule has 0 amide bonds. The molecule has 2 aromatic heterocycles. The number of benzene rings is 10. The van der Waals surface area contributed by atoms with E-state index in [0.717, 1.165) is 88.8 Å². The van der Waals surface area contributed by atoms with E-state index in [1.54, 1.807) is 0 Å². The summed E-state index contributed by atoms with van der Waals surface area (Å²) in [7, 11) is 0.